The van der Waals surface area contributed by atoms with E-state index in [4.69, 9.17) is 4.74 Å². The second kappa shape index (κ2) is 14.1. The summed E-state index contributed by atoms with van der Waals surface area (Å²) >= 11 is 1.79. The molecule has 0 amide bonds. The van der Waals surface area contributed by atoms with E-state index in [-0.39, 0.29) is 29.9 Å². The summed E-state index contributed by atoms with van der Waals surface area (Å²) in [6.45, 7) is 5.04. The molecule has 1 aromatic rings. The number of guanidine groups is 1. The summed E-state index contributed by atoms with van der Waals surface area (Å²) in [5.74, 6) is 0.634. The molecule has 2 heterocycles. The van der Waals surface area contributed by atoms with Gasteiger partial charge in [0.15, 0.2) is 5.96 Å². The van der Waals surface area contributed by atoms with E-state index < -0.39 is 0 Å². The number of halogens is 1. The van der Waals surface area contributed by atoms with E-state index in [1.54, 1.807) is 18.4 Å². The molecule has 0 radical (unpaired) electrons. The molecule has 2 rings (SSSR count). The van der Waals surface area contributed by atoms with Crippen molar-refractivity contribution in [2.45, 2.75) is 25.3 Å². The zero-order valence-corrected chi connectivity index (χ0v) is 19.3. The molecule has 9 heteroatoms. The van der Waals surface area contributed by atoms with Crippen LogP contribution in [0.25, 0.3) is 0 Å². The Morgan fingerprint density at radius 2 is 2.15 bits per heavy atom. The number of unbranched alkanes of at least 4 members (excludes halogenated alkanes) is 1. The predicted molar refractivity (Wildman–Crippen MR) is 120 cm³/mol. The number of nitrogens with one attached hydrogen (secondary N) is 2. The number of ether oxygens (including phenoxy) is 2. The molecule has 0 saturated carbocycles. The Hall–Kier alpha value is -0.910. The van der Waals surface area contributed by atoms with Crippen LogP contribution in [0, 0.1) is 0 Å². The molecule has 2 N–H and O–H groups in total. The summed E-state index contributed by atoms with van der Waals surface area (Å²) < 4.78 is 10.1. The molecule has 0 bridgehead atoms. The van der Waals surface area contributed by atoms with Gasteiger partial charge in [0.25, 0.3) is 0 Å². The number of nitrogens with zero attached hydrogens (tertiary/aromatic N) is 2. The Morgan fingerprint density at radius 3 is 2.78 bits per heavy atom. The zero-order valence-electron chi connectivity index (χ0n) is 16.1. The van der Waals surface area contributed by atoms with Crippen LogP contribution in [-0.2, 0) is 14.3 Å². The van der Waals surface area contributed by atoms with Gasteiger partial charge in [-0.2, -0.15) is 0 Å². The minimum Gasteiger partial charge on any atom is -0.469 e. The fourth-order valence-corrected chi connectivity index (χ4v) is 3.76. The van der Waals surface area contributed by atoms with Gasteiger partial charge in [0, 0.05) is 44.5 Å². The third-order valence-corrected chi connectivity index (χ3v) is 5.35. The third-order valence-electron chi connectivity index (χ3n) is 4.37. The second-order valence-electron chi connectivity index (χ2n) is 6.09. The van der Waals surface area contributed by atoms with Gasteiger partial charge in [-0.25, -0.2) is 0 Å². The number of methoxy groups -OCH3 is 1. The van der Waals surface area contributed by atoms with E-state index in [2.05, 4.69) is 42.8 Å². The first-order valence-corrected chi connectivity index (χ1v) is 9.99. The van der Waals surface area contributed by atoms with Crippen molar-refractivity contribution in [2.24, 2.45) is 4.99 Å². The minimum atomic E-state index is -0.156. The van der Waals surface area contributed by atoms with Crippen molar-refractivity contribution in [3.05, 3.63) is 22.4 Å². The van der Waals surface area contributed by atoms with Crippen molar-refractivity contribution in [3.8, 4) is 0 Å². The van der Waals surface area contributed by atoms with Gasteiger partial charge < -0.3 is 20.1 Å². The van der Waals surface area contributed by atoms with Gasteiger partial charge in [-0.05, 0) is 24.3 Å². The number of carbonyl (C=O) groups is 1. The van der Waals surface area contributed by atoms with Gasteiger partial charge >= 0.3 is 5.97 Å². The molecule has 1 aliphatic rings. The van der Waals surface area contributed by atoms with Crippen LogP contribution in [-0.4, -0.2) is 70.4 Å². The van der Waals surface area contributed by atoms with Crippen molar-refractivity contribution in [1.29, 1.82) is 0 Å². The number of aliphatic imine (C=N–C) groups is 1. The molecule has 1 fully saturated rings. The average molecular weight is 510 g/mol. The molecule has 1 aliphatic heterocycles. The lowest BCUT2D eigenvalue weighted by atomic mass is 10.2. The highest BCUT2D eigenvalue weighted by Gasteiger charge is 2.23. The first kappa shape index (κ1) is 24.1. The number of hydrogen-bond acceptors (Lipinski definition) is 6. The van der Waals surface area contributed by atoms with Crippen LogP contribution in [0.4, 0.5) is 0 Å². The van der Waals surface area contributed by atoms with Gasteiger partial charge in [-0.3, -0.25) is 14.7 Å². The molecule has 0 aromatic carbocycles. The van der Waals surface area contributed by atoms with Gasteiger partial charge in [-0.1, -0.05) is 6.07 Å². The quantitative estimate of drug-likeness (QED) is 0.175. The average Bonchev–Trinajstić information content (AvgIpc) is 3.21. The zero-order chi connectivity index (χ0) is 18.6. The molecule has 1 saturated heterocycles. The smallest absolute Gasteiger partial charge is 0.305 e. The number of carbonyl (C=O) groups excluding carboxylic acids is 1. The lowest BCUT2D eigenvalue weighted by Gasteiger charge is -2.34. The lowest BCUT2D eigenvalue weighted by Crippen LogP contribution is -2.46. The monoisotopic (exact) mass is 510 g/mol. The van der Waals surface area contributed by atoms with Crippen LogP contribution in [0.2, 0.25) is 0 Å². The second-order valence-corrected chi connectivity index (χ2v) is 7.07. The summed E-state index contributed by atoms with van der Waals surface area (Å²) in [5.41, 5.74) is 0. The summed E-state index contributed by atoms with van der Waals surface area (Å²) in [7, 11) is 3.20. The fourth-order valence-electron chi connectivity index (χ4n) is 2.90. The first-order valence-electron chi connectivity index (χ1n) is 9.11. The maximum Gasteiger partial charge on any atom is 0.305 e. The van der Waals surface area contributed by atoms with E-state index in [0.717, 1.165) is 58.2 Å². The molecule has 7 nitrogen and oxygen atoms in total. The highest BCUT2D eigenvalue weighted by Crippen LogP contribution is 2.25. The van der Waals surface area contributed by atoms with Crippen molar-refractivity contribution < 1.29 is 14.3 Å². The van der Waals surface area contributed by atoms with Crippen molar-refractivity contribution in [2.75, 3.05) is 53.6 Å². The van der Waals surface area contributed by atoms with Gasteiger partial charge in [0.2, 0.25) is 0 Å². The van der Waals surface area contributed by atoms with E-state index in [0.29, 0.717) is 12.5 Å². The van der Waals surface area contributed by atoms with E-state index in [1.807, 2.05) is 0 Å². The number of hydrogen-bond donors (Lipinski definition) is 2. The van der Waals surface area contributed by atoms with Crippen molar-refractivity contribution in [3.63, 3.8) is 0 Å². The van der Waals surface area contributed by atoms with E-state index >= 15 is 0 Å². The SMILES string of the molecule is CN=C(NCCCCC(=O)OC)NCC(c1cccs1)N1CCOCC1.I. The van der Waals surface area contributed by atoms with Crippen LogP contribution < -0.4 is 10.6 Å². The van der Waals surface area contributed by atoms with Crippen LogP contribution in [0.1, 0.15) is 30.2 Å². The maximum absolute atomic E-state index is 11.1. The van der Waals surface area contributed by atoms with Gasteiger partial charge in [0.1, 0.15) is 0 Å². The topological polar surface area (TPSA) is 75.2 Å². The van der Waals surface area contributed by atoms with Crippen LogP contribution in [0.15, 0.2) is 22.5 Å². The lowest BCUT2D eigenvalue weighted by molar-refractivity contribution is -0.140. The standard InChI is InChI=1S/C18H30N4O3S.HI/c1-19-18(20-8-4-3-7-17(23)24-2)21-14-15(16-6-5-13-26-16)22-9-11-25-12-10-22;/h5-6,13,15H,3-4,7-12,14H2,1-2H3,(H2,19,20,21);1H. The Kier molecular flexibility index (Phi) is 12.6. The Morgan fingerprint density at radius 1 is 1.37 bits per heavy atom. The highest BCUT2D eigenvalue weighted by atomic mass is 127. The van der Waals surface area contributed by atoms with E-state index in [1.165, 1.54) is 12.0 Å². The van der Waals surface area contributed by atoms with Crippen LogP contribution in [0.5, 0.6) is 0 Å². The van der Waals surface area contributed by atoms with Crippen molar-refractivity contribution in [1.82, 2.24) is 15.5 Å². The minimum absolute atomic E-state index is 0. The Balaban J connectivity index is 0.00000364. The normalized spacial score (nSPS) is 16.3. The van der Waals surface area contributed by atoms with Crippen molar-refractivity contribution >= 4 is 47.2 Å². The number of morpholine rings is 1. The summed E-state index contributed by atoms with van der Waals surface area (Å²) in [4.78, 5) is 19.2. The fraction of sp³-hybridized carbons (Fsp3) is 0.667. The molecular formula is C18H31IN4O3S. The molecule has 27 heavy (non-hydrogen) atoms. The predicted octanol–water partition coefficient (Wildman–Crippen LogP) is 2.25. The molecule has 1 unspecified atom stereocenters. The van der Waals surface area contributed by atoms with Gasteiger partial charge in [-0.15, -0.1) is 35.3 Å². The number of thiophene rings is 1. The summed E-state index contributed by atoms with van der Waals surface area (Å²) in [6.07, 6.45) is 2.16. The maximum atomic E-state index is 11.1. The third kappa shape index (κ3) is 8.75. The first-order chi connectivity index (χ1) is 12.7. The van der Waals surface area contributed by atoms with Crippen LogP contribution >= 0.6 is 35.3 Å². The largest absolute Gasteiger partial charge is 0.469 e. The van der Waals surface area contributed by atoms with E-state index in [9.17, 15) is 4.79 Å². The van der Waals surface area contributed by atoms with Gasteiger partial charge in [0.05, 0.1) is 26.4 Å². The molecule has 154 valence electrons. The highest BCUT2D eigenvalue weighted by molar-refractivity contribution is 14.0. The number of rotatable bonds is 9. The number of esters is 1. The Bertz CT molecular complexity index is 551. The molecule has 0 aliphatic carbocycles. The van der Waals surface area contributed by atoms with Crippen LogP contribution in [0.3, 0.4) is 0 Å². The molecule has 1 atom stereocenters. The Labute approximate surface area is 182 Å². The summed E-state index contributed by atoms with van der Waals surface area (Å²) in [5, 5.41) is 8.87. The summed E-state index contributed by atoms with van der Waals surface area (Å²) in [6, 6.07) is 4.61. The molecule has 0 spiro atoms. The molecule has 1 aromatic heterocycles. The molecular weight excluding hydrogens is 479 g/mol.